The standard InChI is InChI=1S/C24H18O8S4/c1-5-29-21-15(25-1)11(9-33-21)19-13(17-23(35-19)31-7-3-27-17)14-18-24(32-8-4-28-18)36-20(14)12-10-34-22-16(12)26-2-6-30-22/h9-10H,1-8H2. The Morgan fingerprint density at radius 3 is 1.22 bits per heavy atom. The van der Waals surface area contributed by atoms with Gasteiger partial charge in [-0.1, -0.05) is 22.7 Å². The summed E-state index contributed by atoms with van der Waals surface area (Å²) in [7, 11) is 0. The summed E-state index contributed by atoms with van der Waals surface area (Å²) in [4.78, 5) is 1.98. The minimum Gasteiger partial charge on any atom is -0.485 e. The first kappa shape index (κ1) is 21.3. The van der Waals surface area contributed by atoms with E-state index in [0.717, 1.165) is 75.3 Å². The molecule has 12 heteroatoms. The largest absolute Gasteiger partial charge is 0.485 e. The number of fused-ring (bicyclic) bond motifs is 4. The summed E-state index contributed by atoms with van der Waals surface area (Å²) in [6.45, 7) is 4.08. The van der Waals surface area contributed by atoms with Crippen molar-refractivity contribution in [2.75, 3.05) is 52.9 Å². The Bertz CT molecular complexity index is 1370. The summed E-state index contributed by atoms with van der Waals surface area (Å²) < 4.78 is 48.5. The van der Waals surface area contributed by atoms with Crippen molar-refractivity contribution in [3.05, 3.63) is 10.8 Å². The van der Waals surface area contributed by atoms with Crippen molar-refractivity contribution >= 4 is 45.3 Å². The summed E-state index contributed by atoms with van der Waals surface area (Å²) in [5, 5.41) is 7.24. The van der Waals surface area contributed by atoms with Crippen molar-refractivity contribution in [2.45, 2.75) is 0 Å². The van der Waals surface area contributed by atoms with Crippen LogP contribution in [0.25, 0.3) is 32.0 Å². The predicted molar refractivity (Wildman–Crippen MR) is 138 cm³/mol. The summed E-state index contributed by atoms with van der Waals surface area (Å²) in [6, 6.07) is 0. The van der Waals surface area contributed by atoms with Crippen LogP contribution in [0, 0.1) is 0 Å². The lowest BCUT2D eigenvalue weighted by Crippen LogP contribution is -2.15. The van der Waals surface area contributed by atoms with Crippen molar-refractivity contribution in [3.8, 4) is 75.3 Å². The van der Waals surface area contributed by atoms with Crippen LogP contribution in [0.2, 0.25) is 0 Å². The molecule has 4 aliphatic heterocycles. The van der Waals surface area contributed by atoms with Gasteiger partial charge in [0.1, 0.15) is 52.9 Å². The fourth-order valence-electron chi connectivity index (χ4n) is 4.63. The van der Waals surface area contributed by atoms with Gasteiger partial charge in [-0.25, -0.2) is 0 Å². The van der Waals surface area contributed by atoms with Crippen molar-refractivity contribution in [2.24, 2.45) is 0 Å². The highest BCUT2D eigenvalue weighted by atomic mass is 32.1. The van der Waals surface area contributed by atoms with Crippen LogP contribution >= 0.6 is 45.3 Å². The SMILES string of the molecule is c1sc2c(c1-c1sc3c(c1-c1c(-c4csc5c4OCCO5)sc4c1OCCO4)OCCO3)OCCO2. The third kappa shape index (κ3) is 3.14. The van der Waals surface area contributed by atoms with Crippen molar-refractivity contribution < 1.29 is 37.9 Å². The highest BCUT2D eigenvalue weighted by Gasteiger charge is 2.37. The van der Waals surface area contributed by atoms with E-state index in [2.05, 4.69) is 10.8 Å². The molecule has 0 radical (unpaired) electrons. The van der Waals surface area contributed by atoms with E-state index in [1.807, 2.05) is 0 Å². The summed E-state index contributed by atoms with van der Waals surface area (Å²) in [6.07, 6.45) is 0. The Morgan fingerprint density at radius 2 is 0.778 bits per heavy atom. The van der Waals surface area contributed by atoms with E-state index in [4.69, 9.17) is 37.9 Å². The molecule has 186 valence electrons. The monoisotopic (exact) mass is 562 g/mol. The summed E-state index contributed by atoms with van der Waals surface area (Å²) >= 11 is 6.19. The Balaban J connectivity index is 1.41. The van der Waals surface area contributed by atoms with Gasteiger partial charge in [0.2, 0.25) is 20.3 Å². The van der Waals surface area contributed by atoms with Crippen LogP contribution in [0.5, 0.6) is 43.3 Å². The third-order valence-electron chi connectivity index (χ3n) is 6.09. The number of hydrogen-bond donors (Lipinski definition) is 0. The molecule has 8 heterocycles. The molecular weight excluding hydrogens is 545 g/mol. The van der Waals surface area contributed by atoms with Crippen molar-refractivity contribution in [1.29, 1.82) is 0 Å². The number of hydrogen-bond acceptors (Lipinski definition) is 12. The van der Waals surface area contributed by atoms with Gasteiger partial charge in [-0.3, -0.25) is 0 Å². The normalized spacial score (nSPS) is 17.2. The average Bonchev–Trinajstić information content (AvgIpc) is 3.69. The van der Waals surface area contributed by atoms with E-state index in [1.54, 1.807) is 22.7 Å². The zero-order chi connectivity index (χ0) is 23.6. The molecule has 4 aliphatic rings. The molecule has 8 nitrogen and oxygen atoms in total. The number of rotatable bonds is 3. The fourth-order valence-corrected chi connectivity index (χ4v) is 8.82. The Hall–Kier alpha value is -2.80. The van der Waals surface area contributed by atoms with Crippen LogP contribution in [0.4, 0.5) is 0 Å². The van der Waals surface area contributed by atoms with Gasteiger partial charge in [0.05, 0.1) is 20.9 Å². The third-order valence-corrected chi connectivity index (χ3v) is 10.1. The molecule has 4 aromatic heterocycles. The molecule has 0 N–H and O–H groups in total. The molecule has 0 amide bonds. The maximum Gasteiger partial charge on any atom is 0.218 e. The molecule has 36 heavy (non-hydrogen) atoms. The van der Waals surface area contributed by atoms with E-state index in [0.29, 0.717) is 52.9 Å². The highest BCUT2D eigenvalue weighted by molar-refractivity contribution is 7.20. The predicted octanol–water partition coefficient (Wildman–Crippen LogP) is 6.02. The molecule has 0 unspecified atom stereocenters. The first-order chi connectivity index (χ1) is 17.9. The smallest absolute Gasteiger partial charge is 0.218 e. The zero-order valence-corrected chi connectivity index (χ0v) is 22.0. The molecule has 0 aromatic carbocycles. The Kier molecular flexibility index (Phi) is 4.95. The van der Waals surface area contributed by atoms with Crippen LogP contribution in [0.3, 0.4) is 0 Å². The van der Waals surface area contributed by atoms with Gasteiger partial charge in [-0.05, 0) is 0 Å². The lowest BCUT2D eigenvalue weighted by Gasteiger charge is -2.20. The van der Waals surface area contributed by atoms with E-state index in [1.165, 1.54) is 22.7 Å². The van der Waals surface area contributed by atoms with E-state index in [9.17, 15) is 0 Å². The minimum atomic E-state index is 0.474. The maximum absolute atomic E-state index is 6.25. The van der Waals surface area contributed by atoms with E-state index < -0.39 is 0 Å². The molecule has 0 spiro atoms. The first-order valence-electron chi connectivity index (χ1n) is 11.5. The van der Waals surface area contributed by atoms with Gasteiger partial charge in [0.15, 0.2) is 23.0 Å². The van der Waals surface area contributed by atoms with E-state index >= 15 is 0 Å². The lowest BCUT2D eigenvalue weighted by molar-refractivity contribution is 0.176. The molecule has 0 saturated heterocycles. The van der Waals surface area contributed by atoms with Gasteiger partial charge in [0.25, 0.3) is 0 Å². The van der Waals surface area contributed by atoms with Gasteiger partial charge in [0, 0.05) is 21.9 Å². The first-order valence-corrected chi connectivity index (χ1v) is 14.9. The molecule has 0 saturated carbocycles. The van der Waals surface area contributed by atoms with Crippen LogP contribution in [0.1, 0.15) is 0 Å². The molecule has 0 aliphatic carbocycles. The number of ether oxygens (including phenoxy) is 8. The minimum absolute atomic E-state index is 0.474. The average molecular weight is 563 g/mol. The van der Waals surface area contributed by atoms with Crippen LogP contribution in [-0.4, -0.2) is 52.9 Å². The van der Waals surface area contributed by atoms with Crippen molar-refractivity contribution in [3.63, 3.8) is 0 Å². The Labute approximate surface area is 221 Å². The zero-order valence-electron chi connectivity index (χ0n) is 18.7. The van der Waals surface area contributed by atoms with Crippen LogP contribution in [0.15, 0.2) is 10.8 Å². The molecule has 0 atom stereocenters. The quantitative estimate of drug-likeness (QED) is 0.300. The molecular formula is C24H18O8S4. The highest BCUT2D eigenvalue weighted by Crippen LogP contribution is 2.65. The van der Waals surface area contributed by atoms with Gasteiger partial charge in [-0.15, -0.1) is 22.7 Å². The molecule has 0 fully saturated rings. The summed E-state index contributed by atoms with van der Waals surface area (Å²) in [5.74, 6) is 2.96. The molecule has 4 aromatic rings. The topological polar surface area (TPSA) is 73.8 Å². The van der Waals surface area contributed by atoms with Gasteiger partial charge < -0.3 is 37.9 Å². The van der Waals surface area contributed by atoms with Crippen LogP contribution < -0.4 is 37.9 Å². The molecule has 8 rings (SSSR count). The molecule has 0 bridgehead atoms. The second kappa shape index (κ2) is 8.37. The van der Waals surface area contributed by atoms with Gasteiger partial charge in [-0.2, -0.15) is 0 Å². The Morgan fingerprint density at radius 1 is 0.417 bits per heavy atom. The lowest BCUT2D eigenvalue weighted by atomic mass is 9.99. The second-order valence-electron chi connectivity index (χ2n) is 8.17. The fraction of sp³-hybridized carbons (Fsp3) is 0.333. The van der Waals surface area contributed by atoms with Gasteiger partial charge >= 0.3 is 0 Å². The van der Waals surface area contributed by atoms with Crippen LogP contribution in [-0.2, 0) is 0 Å². The number of thiophene rings is 4. The summed E-state index contributed by atoms with van der Waals surface area (Å²) in [5.41, 5.74) is 3.76. The second-order valence-corrected chi connectivity index (χ2v) is 11.8. The van der Waals surface area contributed by atoms with E-state index in [-0.39, 0.29) is 0 Å². The van der Waals surface area contributed by atoms with Crippen molar-refractivity contribution in [1.82, 2.24) is 0 Å². The maximum atomic E-state index is 6.25.